The second-order valence-corrected chi connectivity index (χ2v) is 4.77. The van der Waals surface area contributed by atoms with Gasteiger partial charge in [0.15, 0.2) is 11.5 Å². The van der Waals surface area contributed by atoms with Gasteiger partial charge in [-0.2, -0.15) is 0 Å². The molecule has 0 aliphatic rings. The molecule has 1 aromatic heterocycles. The van der Waals surface area contributed by atoms with Crippen molar-refractivity contribution in [2.24, 2.45) is 0 Å². The van der Waals surface area contributed by atoms with Gasteiger partial charge in [0.2, 0.25) is 5.88 Å². The van der Waals surface area contributed by atoms with Crippen LogP contribution >= 0.6 is 15.9 Å². The molecule has 0 amide bonds. The summed E-state index contributed by atoms with van der Waals surface area (Å²) in [7, 11) is 3.05. The third-order valence-corrected chi connectivity index (χ3v) is 3.22. The molecular formula is C14H13BrFNO3. The first kappa shape index (κ1) is 14.6. The molecule has 0 spiro atoms. The first-order chi connectivity index (χ1) is 9.63. The molecule has 0 saturated carbocycles. The molecule has 0 aliphatic heterocycles. The summed E-state index contributed by atoms with van der Waals surface area (Å²) in [5.74, 6) is 0.915. The zero-order valence-corrected chi connectivity index (χ0v) is 12.6. The molecule has 20 heavy (non-hydrogen) atoms. The summed E-state index contributed by atoms with van der Waals surface area (Å²) < 4.78 is 29.5. The van der Waals surface area contributed by atoms with Gasteiger partial charge in [0, 0.05) is 30.0 Å². The lowest BCUT2D eigenvalue weighted by atomic mass is 10.3. The van der Waals surface area contributed by atoms with Crippen molar-refractivity contribution >= 4 is 15.9 Å². The van der Waals surface area contributed by atoms with Gasteiger partial charge in [0.25, 0.3) is 0 Å². The highest BCUT2D eigenvalue weighted by Gasteiger charge is 2.10. The zero-order chi connectivity index (χ0) is 14.5. The molecule has 4 nitrogen and oxygen atoms in total. The van der Waals surface area contributed by atoms with E-state index in [0.29, 0.717) is 21.9 Å². The topological polar surface area (TPSA) is 40.6 Å². The van der Waals surface area contributed by atoms with Crippen LogP contribution in [0.1, 0.15) is 5.56 Å². The van der Waals surface area contributed by atoms with E-state index in [2.05, 4.69) is 20.9 Å². The average molecular weight is 342 g/mol. The van der Waals surface area contributed by atoms with Crippen molar-refractivity contribution < 1.29 is 18.6 Å². The maximum Gasteiger partial charge on any atom is 0.212 e. The number of hydrogen-bond donors (Lipinski definition) is 0. The number of pyridine rings is 1. The molecule has 0 saturated heterocycles. The van der Waals surface area contributed by atoms with Crippen LogP contribution in [0.15, 0.2) is 34.9 Å². The minimum atomic E-state index is -0.409. The number of benzene rings is 1. The first-order valence-electron chi connectivity index (χ1n) is 5.78. The number of hydrogen-bond acceptors (Lipinski definition) is 4. The Hall–Kier alpha value is -1.82. The van der Waals surface area contributed by atoms with Crippen molar-refractivity contribution in [1.82, 2.24) is 4.98 Å². The predicted octanol–water partition coefficient (Wildman–Crippen LogP) is 3.58. The van der Waals surface area contributed by atoms with Crippen LogP contribution in [0.5, 0.6) is 17.4 Å². The quantitative estimate of drug-likeness (QED) is 0.833. The number of aromatic nitrogens is 1. The van der Waals surface area contributed by atoms with Crippen molar-refractivity contribution in [2.45, 2.75) is 6.61 Å². The van der Waals surface area contributed by atoms with Gasteiger partial charge in [0.05, 0.1) is 18.7 Å². The Morgan fingerprint density at radius 2 is 1.95 bits per heavy atom. The van der Waals surface area contributed by atoms with E-state index in [1.807, 2.05) is 6.07 Å². The standard InChI is InChI=1S/C14H13BrFNO3/c1-18-12-5-10(15)11(16)6-13(12)20-8-9-3-4-14(19-2)17-7-9/h3-7H,8H2,1-2H3. The van der Waals surface area contributed by atoms with Crippen molar-refractivity contribution in [2.75, 3.05) is 14.2 Å². The molecule has 0 N–H and O–H groups in total. The summed E-state index contributed by atoms with van der Waals surface area (Å²) in [5, 5.41) is 0. The second kappa shape index (κ2) is 6.56. The minimum Gasteiger partial charge on any atom is -0.493 e. The van der Waals surface area contributed by atoms with E-state index in [-0.39, 0.29) is 6.61 Å². The lowest BCUT2D eigenvalue weighted by Crippen LogP contribution is -1.99. The zero-order valence-electron chi connectivity index (χ0n) is 11.0. The molecule has 0 unspecified atom stereocenters. The van der Waals surface area contributed by atoms with E-state index in [1.165, 1.54) is 19.2 Å². The van der Waals surface area contributed by atoms with Crippen molar-refractivity contribution in [3.63, 3.8) is 0 Å². The largest absolute Gasteiger partial charge is 0.493 e. The summed E-state index contributed by atoms with van der Waals surface area (Å²) in [4.78, 5) is 4.07. The van der Waals surface area contributed by atoms with Crippen molar-refractivity contribution in [3.05, 3.63) is 46.3 Å². The Labute approximate surface area is 124 Å². The van der Waals surface area contributed by atoms with E-state index in [9.17, 15) is 4.39 Å². The third kappa shape index (κ3) is 3.39. The lowest BCUT2D eigenvalue weighted by Gasteiger charge is -2.11. The molecule has 106 valence electrons. The fourth-order valence-electron chi connectivity index (χ4n) is 1.56. The van der Waals surface area contributed by atoms with E-state index < -0.39 is 5.82 Å². The van der Waals surface area contributed by atoms with Crippen LogP contribution in [0.3, 0.4) is 0 Å². The van der Waals surface area contributed by atoms with Crippen LogP contribution in [0.25, 0.3) is 0 Å². The fraction of sp³-hybridized carbons (Fsp3) is 0.214. The minimum absolute atomic E-state index is 0.258. The predicted molar refractivity (Wildman–Crippen MR) is 75.8 cm³/mol. The Bertz CT molecular complexity index is 590. The van der Waals surface area contributed by atoms with Gasteiger partial charge in [-0.3, -0.25) is 0 Å². The number of ether oxygens (including phenoxy) is 3. The summed E-state index contributed by atoms with van der Waals surface area (Å²) in [6.45, 7) is 0.258. The number of methoxy groups -OCH3 is 2. The Balaban J connectivity index is 2.11. The molecule has 0 fully saturated rings. The Morgan fingerprint density at radius 1 is 1.15 bits per heavy atom. The van der Waals surface area contributed by atoms with Gasteiger partial charge in [0.1, 0.15) is 12.4 Å². The molecule has 6 heteroatoms. The normalized spacial score (nSPS) is 10.2. The maximum absolute atomic E-state index is 13.5. The number of rotatable bonds is 5. The van der Waals surface area contributed by atoms with Crippen LogP contribution in [0, 0.1) is 5.82 Å². The van der Waals surface area contributed by atoms with E-state index in [4.69, 9.17) is 14.2 Å². The SMILES string of the molecule is COc1ccc(COc2cc(F)c(Br)cc2OC)cn1. The third-order valence-electron chi connectivity index (χ3n) is 2.61. The summed E-state index contributed by atoms with van der Waals surface area (Å²) in [6, 6.07) is 6.36. The summed E-state index contributed by atoms with van der Waals surface area (Å²) in [5.41, 5.74) is 0.844. The van der Waals surface area contributed by atoms with E-state index in [0.717, 1.165) is 5.56 Å². The fourth-order valence-corrected chi connectivity index (χ4v) is 1.88. The van der Waals surface area contributed by atoms with Crippen LogP contribution in [0.4, 0.5) is 4.39 Å². The van der Waals surface area contributed by atoms with Crippen LogP contribution in [-0.2, 0) is 6.61 Å². The molecule has 2 aromatic rings. The van der Waals surface area contributed by atoms with Crippen molar-refractivity contribution in [3.8, 4) is 17.4 Å². The summed E-state index contributed by atoms with van der Waals surface area (Å²) in [6.07, 6.45) is 1.64. The highest BCUT2D eigenvalue weighted by atomic mass is 79.9. The Kier molecular flexibility index (Phi) is 4.79. The average Bonchev–Trinajstić information content (AvgIpc) is 2.48. The highest BCUT2D eigenvalue weighted by Crippen LogP contribution is 2.33. The lowest BCUT2D eigenvalue weighted by molar-refractivity contribution is 0.282. The van der Waals surface area contributed by atoms with Gasteiger partial charge in [-0.25, -0.2) is 9.37 Å². The monoisotopic (exact) mass is 341 g/mol. The highest BCUT2D eigenvalue weighted by molar-refractivity contribution is 9.10. The number of nitrogens with zero attached hydrogens (tertiary/aromatic N) is 1. The Morgan fingerprint density at radius 3 is 2.55 bits per heavy atom. The first-order valence-corrected chi connectivity index (χ1v) is 6.58. The molecule has 0 aliphatic carbocycles. The second-order valence-electron chi connectivity index (χ2n) is 3.91. The van der Waals surface area contributed by atoms with Crippen LogP contribution in [-0.4, -0.2) is 19.2 Å². The van der Waals surface area contributed by atoms with Gasteiger partial charge in [-0.1, -0.05) is 0 Å². The van der Waals surface area contributed by atoms with E-state index >= 15 is 0 Å². The van der Waals surface area contributed by atoms with Crippen molar-refractivity contribution in [1.29, 1.82) is 0 Å². The molecular weight excluding hydrogens is 329 g/mol. The number of halogens is 2. The molecule has 1 aromatic carbocycles. The smallest absolute Gasteiger partial charge is 0.212 e. The molecule has 1 heterocycles. The molecule has 0 bridgehead atoms. The van der Waals surface area contributed by atoms with Crippen LogP contribution < -0.4 is 14.2 Å². The molecule has 0 radical (unpaired) electrons. The van der Waals surface area contributed by atoms with Crippen LogP contribution in [0.2, 0.25) is 0 Å². The van der Waals surface area contributed by atoms with Gasteiger partial charge >= 0.3 is 0 Å². The van der Waals surface area contributed by atoms with Gasteiger partial charge in [-0.15, -0.1) is 0 Å². The maximum atomic E-state index is 13.5. The van der Waals surface area contributed by atoms with E-state index in [1.54, 1.807) is 19.4 Å². The van der Waals surface area contributed by atoms with Gasteiger partial charge in [-0.05, 0) is 22.0 Å². The van der Waals surface area contributed by atoms with Gasteiger partial charge < -0.3 is 14.2 Å². The molecule has 2 rings (SSSR count). The molecule has 0 atom stereocenters. The summed E-state index contributed by atoms with van der Waals surface area (Å²) >= 11 is 3.10.